The molecule has 0 spiro atoms. The molecule has 1 saturated heterocycles. The zero-order valence-electron chi connectivity index (χ0n) is 20.2. The minimum absolute atomic E-state index is 0.0946. The number of hydrogen-bond donors (Lipinski definition) is 2. The molecule has 0 saturated carbocycles. The van der Waals surface area contributed by atoms with Crippen LogP contribution in [0.5, 0.6) is 0 Å². The fraction of sp³-hybridized carbons (Fsp3) is 0.296. The topological polar surface area (TPSA) is 81.8 Å². The molecule has 4 amide bonds. The van der Waals surface area contributed by atoms with Crippen molar-refractivity contribution in [1.82, 2.24) is 10.6 Å². The van der Waals surface area contributed by atoms with E-state index in [1.54, 1.807) is 6.08 Å². The zero-order valence-corrected chi connectivity index (χ0v) is 20.2. The monoisotopic (exact) mass is 456 g/mol. The molecule has 3 aliphatic rings. The molecule has 0 atom stereocenters. The highest BCUT2D eigenvalue weighted by Crippen LogP contribution is 2.54. The fourth-order valence-corrected chi connectivity index (χ4v) is 5.50. The standard InChI is InChI=1S/C27H28N4O3/c1-26(2)16-9-7-8-10-19(16)30(5)20-14-18-21(13-17(20)26)31(6)22(27(18,3)4)12-11-15-23(32)28-25(34)29-24(15)33/h7-14H,1-6H3,(H2,28,29,32,33,34)/b22-12+. The van der Waals surface area contributed by atoms with Gasteiger partial charge in [-0.25, -0.2) is 4.79 Å². The molecule has 34 heavy (non-hydrogen) atoms. The molecule has 7 nitrogen and oxygen atoms in total. The number of amides is 4. The van der Waals surface area contributed by atoms with Gasteiger partial charge in [0.05, 0.1) is 0 Å². The van der Waals surface area contributed by atoms with Crippen LogP contribution in [0.15, 0.2) is 59.8 Å². The van der Waals surface area contributed by atoms with Crippen molar-refractivity contribution < 1.29 is 14.4 Å². The number of allylic oxidation sites excluding steroid dienone is 3. The number of benzene rings is 2. The number of anilines is 3. The number of para-hydroxylation sites is 1. The molecule has 5 rings (SSSR count). The van der Waals surface area contributed by atoms with Crippen molar-refractivity contribution in [2.45, 2.75) is 38.5 Å². The average Bonchev–Trinajstić information content (AvgIpc) is 2.96. The number of nitrogens with zero attached hydrogens (tertiary/aromatic N) is 2. The van der Waals surface area contributed by atoms with Crippen molar-refractivity contribution in [3.05, 3.63) is 76.5 Å². The Bertz CT molecular complexity index is 1330. The molecule has 174 valence electrons. The Hall–Kier alpha value is -3.87. The summed E-state index contributed by atoms with van der Waals surface area (Å²) in [5, 5.41) is 4.23. The summed E-state index contributed by atoms with van der Waals surface area (Å²) in [4.78, 5) is 40.1. The number of rotatable bonds is 1. The van der Waals surface area contributed by atoms with Gasteiger partial charge in [-0.2, -0.15) is 0 Å². The van der Waals surface area contributed by atoms with Crippen molar-refractivity contribution in [2.24, 2.45) is 0 Å². The van der Waals surface area contributed by atoms with Gasteiger partial charge < -0.3 is 9.80 Å². The third kappa shape index (κ3) is 2.93. The number of imide groups is 2. The molecule has 3 heterocycles. The molecule has 0 aromatic heterocycles. The first-order valence-corrected chi connectivity index (χ1v) is 11.3. The summed E-state index contributed by atoms with van der Waals surface area (Å²) in [7, 11) is 4.11. The van der Waals surface area contributed by atoms with Gasteiger partial charge in [0.2, 0.25) is 0 Å². The summed E-state index contributed by atoms with van der Waals surface area (Å²) in [5.41, 5.74) is 7.51. The van der Waals surface area contributed by atoms with Gasteiger partial charge >= 0.3 is 6.03 Å². The molecule has 0 aliphatic carbocycles. The Kier molecular flexibility index (Phi) is 4.56. The molecule has 2 aromatic rings. The molecular formula is C27H28N4O3. The average molecular weight is 457 g/mol. The molecule has 3 aliphatic heterocycles. The normalized spacial score (nSPS) is 21.1. The lowest BCUT2D eigenvalue weighted by atomic mass is 9.72. The second-order valence-corrected chi connectivity index (χ2v) is 10.1. The second kappa shape index (κ2) is 7.06. The fourth-order valence-electron chi connectivity index (χ4n) is 5.50. The van der Waals surface area contributed by atoms with E-state index in [1.165, 1.54) is 34.1 Å². The first-order valence-electron chi connectivity index (χ1n) is 11.3. The third-order valence-corrected chi connectivity index (χ3v) is 7.48. The quantitative estimate of drug-likeness (QED) is 0.501. The number of carbonyl (C=O) groups is 3. The van der Waals surface area contributed by atoms with E-state index < -0.39 is 17.8 Å². The van der Waals surface area contributed by atoms with Crippen molar-refractivity contribution in [3.63, 3.8) is 0 Å². The lowest BCUT2D eigenvalue weighted by molar-refractivity contribution is -0.124. The van der Waals surface area contributed by atoms with Crippen LogP contribution in [0.3, 0.4) is 0 Å². The van der Waals surface area contributed by atoms with E-state index in [0.29, 0.717) is 0 Å². The van der Waals surface area contributed by atoms with E-state index in [9.17, 15) is 14.4 Å². The lowest BCUT2D eigenvalue weighted by Gasteiger charge is -2.41. The van der Waals surface area contributed by atoms with Crippen LogP contribution in [0.25, 0.3) is 0 Å². The molecule has 2 aromatic carbocycles. The highest BCUT2D eigenvalue weighted by Gasteiger charge is 2.43. The summed E-state index contributed by atoms with van der Waals surface area (Å²) in [6.45, 7) is 8.79. The largest absolute Gasteiger partial charge is 0.347 e. The SMILES string of the molecule is CN1/C(=C/C=C2C(=O)NC(=O)NC2=O)C(C)(C)c2cc3c(cc21)C(C)(C)c1ccccc1N3C. The number of nitrogens with one attached hydrogen (secondary N) is 2. The van der Waals surface area contributed by atoms with Gasteiger partial charge in [0.25, 0.3) is 11.8 Å². The summed E-state index contributed by atoms with van der Waals surface area (Å²) in [6, 6.07) is 12.2. The highest BCUT2D eigenvalue weighted by atomic mass is 16.2. The summed E-state index contributed by atoms with van der Waals surface area (Å²) < 4.78 is 0. The summed E-state index contributed by atoms with van der Waals surface area (Å²) in [6.07, 6.45) is 3.29. The maximum absolute atomic E-state index is 12.2. The highest BCUT2D eigenvalue weighted by molar-refractivity contribution is 6.29. The van der Waals surface area contributed by atoms with Gasteiger partial charge in [-0.05, 0) is 47.0 Å². The molecule has 7 heteroatoms. The molecular weight excluding hydrogens is 428 g/mol. The van der Waals surface area contributed by atoms with E-state index in [-0.39, 0.29) is 16.4 Å². The van der Waals surface area contributed by atoms with Crippen molar-refractivity contribution in [3.8, 4) is 0 Å². The van der Waals surface area contributed by atoms with Crippen LogP contribution in [0.4, 0.5) is 21.9 Å². The van der Waals surface area contributed by atoms with Gasteiger partial charge in [-0.1, -0.05) is 45.9 Å². The number of fused-ring (bicyclic) bond motifs is 3. The zero-order chi connectivity index (χ0) is 24.6. The van der Waals surface area contributed by atoms with E-state index in [4.69, 9.17) is 0 Å². The number of urea groups is 1. The lowest BCUT2D eigenvalue weighted by Crippen LogP contribution is -2.51. The van der Waals surface area contributed by atoms with Gasteiger partial charge in [0, 0.05) is 47.7 Å². The van der Waals surface area contributed by atoms with Gasteiger partial charge in [-0.15, -0.1) is 0 Å². The number of barbiturate groups is 1. The Labute approximate surface area is 199 Å². The Balaban J connectivity index is 1.63. The van der Waals surface area contributed by atoms with Crippen LogP contribution >= 0.6 is 0 Å². The number of carbonyl (C=O) groups excluding carboxylic acids is 3. The minimum atomic E-state index is -0.802. The van der Waals surface area contributed by atoms with E-state index >= 15 is 0 Å². The molecule has 0 bridgehead atoms. The van der Waals surface area contributed by atoms with Crippen molar-refractivity contribution in [1.29, 1.82) is 0 Å². The van der Waals surface area contributed by atoms with Crippen molar-refractivity contribution >= 4 is 34.9 Å². The van der Waals surface area contributed by atoms with Crippen LogP contribution in [0.2, 0.25) is 0 Å². The van der Waals surface area contributed by atoms with Crippen LogP contribution in [0, 0.1) is 0 Å². The van der Waals surface area contributed by atoms with E-state index in [0.717, 1.165) is 11.4 Å². The third-order valence-electron chi connectivity index (χ3n) is 7.48. The number of hydrogen-bond acceptors (Lipinski definition) is 5. The first kappa shape index (κ1) is 21.9. The molecule has 1 fully saturated rings. The maximum atomic E-state index is 12.2. The maximum Gasteiger partial charge on any atom is 0.328 e. The van der Waals surface area contributed by atoms with E-state index in [2.05, 4.69) is 91.6 Å². The molecule has 0 radical (unpaired) electrons. The smallest absolute Gasteiger partial charge is 0.328 e. The van der Waals surface area contributed by atoms with Gasteiger partial charge in [0.1, 0.15) is 5.57 Å². The Morgan fingerprint density at radius 3 is 1.91 bits per heavy atom. The van der Waals surface area contributed by atoms with Crippen LogP contribution in [-0.4, -0.2) is 31.9 Å². The summed E-state index contributed by atoms with van der Waals surface area (Å²) >= 11 is 0. The van der Waals surface area contributed by atoms with Crippen LogP contribution in [0.1, 0.15) is 44.4 Å². The number of likely N-dealkylation sites (N-methyl/N-ethyl adjacent to an activating group) is 1. The minimum Gasteiger partial charge on any atom is -0.347 e. The predicted octanol–water partition coefficient (Wildman–Crippen LogP) is 4.00. The summed E-state index contributed by atoms with van der Waals surface area (Å²) in [5.74, 6) is -1.39. The Morgan fingerprint density at radius 2 is 1.26 bits per heavy atom. The molecule has 0 unspecified atom stereocenters. The second-order valence-electron chi connectivity index (χ2n) is 10.1. The van der Waals surface area contributed by atoms with Gasteiger partial charge in [0.15, 0.2) is 0 Å². The van der Waals surface area contributed by atoms with E-state index in [1.807, 2.05) is 7.05 Å². The predicted molar refractivity (Wildman–Crippen MR) is 132 cm³/mol. The molecule has 2 N–H and O–H groups in total. The first-order chi connectivity index (χ1) is 15.9. The van der Waals surface area contributed by atoms with Crippen LogP contribution < -0.4 is 20.4 Å². The van der Waals surface area contributed by atoms with Gasteiger partial charge in [-0.3, -0.25) is 20.2 Å². The Morgan fingerprint density at radius 1 is 0.706 bits per heavy atom. The van der Waals surface area contributed by atoms with Crippen LogP contribution in [-0.2, 0) is 20.4 Å². The van der Waals surface area contributed by atoms with Crippen molar-refractivity contribution in [2.75, 3.05) is 23.9 Å².